The number of Topliss-reactive ketones (excluding diaryl/α,β-unsaturated/α-hetero) is 1. The second-order valence-electron chi connectivity index (χ2n) is 4.75. The molecule has 1 unspecified atom stereocenters. The van der Waals surface area contributed by atoms with E-state index in [0.717, 1.165) is 6.42 Å². The highest BCUT2D eigenvalue weighted by Gasteiger charge is 2.18. The fourth-order valence-electron chi connectivity index (χ4n) is 2.50. The molecule has 1 heteroatoms. The highest BCUT2D eigenvalue weighted by molar-refractivity contribution is 5.86. The zero-order valence-electron chi connectivity index (χ0n) is 11.1. The largest absolute Gasteiger partial charge is 0.299 e. The van der Waals surface area contributed by atoms with Crippen molar-refractivity contribution in [3.05, 3.63) is 34.4 Å². The van der Waals surface area contributed by atoms with Crippen LogP contribution in [0.5, 0.6) is 0 Å². The molecule has 0 aliphatic heterocycles. The first-order valence-electron chi connectivity index (χ1n) is 6.07. The lowest BCUT2D eigenvalue weighted by Crippen LogP contribution is -2.11. The molecule has 1 atom stereocenters. The van der Waals surface area contributed by atoms with E-state index < -0.39 is 0 Å². The summed E-state index contributed by atoms with van der Waals surface area (Å²) in [6.45, 7) is 10.4. The molecule has 1 nitrogen and oxygen atoms in total. The topological polar surface area (TPSA) is 17.1 Å². The van der Waals surface area contributed by atoms with E-state index in [2.05, 4.69) is 39.8 Å². The molecule has 0 fully saturated rings. The van der Waals surface area contributed by atoms with Crippen LogP contribution in [-0.4, -0.2) is 5.78 Å². The zero-order valence-corrected chi connectivity index (χ0v) is 11.1. The Morgan fingerprint density at radius 2 is 1.69 bits per heavy atom. The summed E-state index contributed by atoms with van der Waals surface area (Å²) in [5.41, 5.74) is 4.99. The van der Waals surface area contributed by atoms with Gasteiger partial charge in [-0.1, -0.05) is 31.5 Å². The van der Waals surface area contributed by atoms with Crippen LogP contribution in [0.25, 0.3) is 0 Å². The number of hydrogen-bond acceptors (Lipinski definition) is 1. The molecule has 0 spiro atoms. The number of ketones is 1. The molecule has 88 valence electrons. The van der Waals surface area contributed by atoms with E-state index >= 15 is 0 Å². The molecule has 0 saturated carbocycles. The number of rotatable bonds is 4. The Labute approximate surface area is 98.9 Å². The standard InChI is InChI=1S/C15H22O/c1-6-7-14(16)13(5)15-11(3)8-10(2)9-12(15)4/h8-9,13H,6-7H2,1-5H3. The highest BCUT2D eigenvalue weighted by atomic mass is 16.1. The van der Waals surface area contributed by atoms with Crippen molar-refractivity contribution in [3.8, 4) is 0 Å². The molecule has 0 aliphatic rings. The monoisotopic (exact) mass is 218 g/mol. The summed E-state index contributed by atoms with van der Waals surface area (Å²) < 4.78 is 0. The van der Waals surface area contributed by atoms with Crippen molar-refractivity contribution in [2.75, 3.05) is 0 Å². The summed E-state index contributed by atoms with van der Waals surface area (Å²) in [6.07, 6.45) is 1.63. The van der Waals surface area contributed by atoms with Crippen molar-refractivity contribution >= 4 is 5.78 Å². The van der Waals surface area contributed by atoms with Gasteiger partial charge in [0.05, 0.1) is 0 Å². The van der Waals surface area contributed by atoms with Crippen LogP contribution in [0, 0.1) is 20.8 Å². The molecule has 0 heterocycles. The molecule has 1 aromatic carbocycles. The lowest BCUT2D eigenvalue weighted by molar-refractivity contribution is -0.120. The van der Waals surface area contributed by atoms with Crippen molar-refractivity contribution < 1.29 is 4.79 Å². The second-order valence-corrected chi connectivity index (χ2v) is 4.75. The summed E-state index contributed by atoms with van der Waals surface area (Å²) >= 11 is 0. The fraction of sp³-hybridized carbons (Fsp3) is 0.533. The van der Waals surface area contributed by atoms with Crippen LogP contribution >= 0.6 is 0 Å². The smallest absolute Gasteiger partial charge is 0.140 e. The number of aryl methyl sites for hydroxylation is 3. The Hall–Kier alpha value is -1.11. The first kappa shape index (κ1) is 13.0. The minimum Gasteiger partial charge on any atom is -0.299 e. The van der Waals surface area contributed by atoms with Gasteiger partial charge in [-0.15, -0.1) is 0 Å². The fourth-order valence-corrected chi connectivity index (χ4v) is 2.50. The predicted octanol–water partition coefficient (Wildman–Crippen LogP) is 4.08. The normalized spacial score (nSPS) is 12.6. The van der Waals surface area contributed by atoms with Crippen molar-refractivity contribution in [2.45, 2.75) is 53.4 Å². The summed E-state index contributed by atoms with van der Waals surface area (Å²) in [5.74, 6) is 0.401. The summed E-state index contributed by atoms with van der Waals surface area (Å²) in [6, 6.07) is 4.33. The van der Waals surface area contributed by atoms with Gasteiger partial charge in [0.1, 0.15) is 5.78 Å². The molecule has 0 saturated heterocycles. The Morgan fingerprint density at radius 1 is 1.19 bits per heavy atom. The molecule has 0 bridgehead atoms. The summed E-state index contributed by atoms with van der Waals surface area (Å²) in [4.78, 5) is 11.9. The third-order valence-corrected chi connectivity index (χ3v) is 3.15. The minimum absolute atomic E-state index is 0.0422. The van der Waals surface area contributed by atoms with E-state index in [4.69, 9.17) is 0 Å². The van der Waals surface area contributed by atoms with Gasteiger partial charge in [0.2, 0.25) is 0 Å². The lowest BCUT2D eigenvalue weighted by Gasteiger charge is -2.17. The number of hydrogen-bond donors (Lipinski definition) is 0. The lowest BCUT2D eigenvalue weighted by atomic mass is 9.87. The molecule has 1 aromatic rings. The van der Waals surface area contributed by atoms with Gasteiger partial charge in [0.25, 0.3) is 0 Å². The van der Waals surface area contributed by atoms with E-state index in [1.165, 1.54) is 22.3 Å². The quantitative estimate of drug-likeness (QED) is 0.744. The Bertz CT molecular complexity index is 367. The van der Waals surface area contributed by atoms with Crippen LogP contribution in [0.15, 0.2) is 12.1 Å². The van der Waals surface area contributed by atoms with Crippen molar-refractivity contribution in [3.63, 3.8) is 0 Å². The van der Waals surface area contributed by atoms with Crippen molar-refractivity contribution in [2.24, 2.45) is 0 Å². The number of carbonyl (C=O) groups is 1. The second kappa shape index (κ2) is 5.29. The van der Waals surface area contributed by atoms with Gasteiger partial charge < -0.3 is 0 Å². The van der Waals surface area contributed by atoms with Gasteiger partial charge in [0, 0.05) is 12.3 Å². The highest BCUT2D eigenvalue weighted by Crippen LogP contribution is 2.26. The molecule has 16 heavy (non-hydrogen) atoms. The van der Waals surface area contributed by atoms with E-state index in [1.807, 2.05) is 6.92 Å². The average molecular weight is 218 g/mol. The molecule has 0 radical (unpaired) electrons. The first-order valence-corrected chi connectivity index (χ1v) is 6.07. The number of carbonyl (C=O) groups excluding carboxylic acids is 1. The minimum atomic E-state index is 0.0422. The molecule has 0 N–H and O–H groups in total. The predicted molar refractivity (Wildman–Crippen MR) is 69.0 cm³/mol. The van der Waals surface area contributed by atoms with Crippen LogP contribution in [0.1, 0.15) is 54.9 Å². The van der Waals surface area contributed by atoms with Crippen molar-refractivity contribution in [1.29, 1.82) is 0 Å². The number of benzene rings is 1. The van der Waals surface area contributed by atoms with E-state index in [9.17, 15) is 4.79 Å². The Kier molecular flexibility index (Phi) is 4.28. The zero-order chi connectivity index (χ0) is 12.3. The third kappa shape index (κ3) is 2.72. The summed E-state index contributed by atoms with van der Waals surface area (Å²) in [7, 11) is 0. The molecule has 0 aromatic heterocycles. The molecule has 0 amide bonds. The first-order chi connectivity index (χ1) is 7.47. The molecular weight excluding hydrogens is 196 g/mol. The van der Waals surface area contributed by atoms with Gasteiger partial charge in [-0.2, -0.15) is 0 Å². The van der Waals surface area contributed by atoms with Crippen molar-refractivity contribution in [1.82, 2.24) is 0 Å². The molecule has 1 rings (SSSR count). The van der Waals surface area contributed by atoms with Gasteiger partial charge in [-0.25, -0.2) is 0 Å². The maximum absolute atomic E-state index is 11.9. The molecular formula is C15H22O. The van der Waals surface area contributed by atoms with Gasteiger partial charge >= 0.3 is 0 Å². The SMILES string of the molecule is CCCC(=O)C(C)c1c(C)cc(C)cc1C. The Balaban J connectivity index is 3.08. The van der Waals surface area contributed by atoms with E-state index in [-0.39, 0.29) is 5.92 Å². The van der Waals surface area contributed by atoms with E-state index in [0.29, 0.717) is 12.2 Å². The maximum atomic E-state index is 11.9. The van der Waals surface area contributed by atoms with Gasteiger partial charge in [0.15, 0.2) is 0 Å². The van der Waals surface area contributed by atoms with E-state index in [1.54, 1.807) is 0 Å². The molecule has 0 aliphatic carbocycles. The van der Waals surface area contributed by atoms with Crippen LogP contribution in [0.3, 0.4) is 0 Å². The van der Waals surface area contributed by atoms with Crippen LogP contribution in [0.4, 0.5) is 0 Å². The van der Waals surface area contributed by atoms with Crippen LogP contribution in [-0.2, 0) is 4.79 Å². The van der Waals surface area contributed by atoms with Gasteiger partial charge in [-0.3, -0.25) is 4.79 Å². The average Bonchev–Trinajstić information content (AvgIpc) is 2.16. The maximum Gasteiger partial charge on any atom is 0.140 e. The van der Waals surface area contributed by atoms with Crippen LogP contribution in [0.2, 0.25) is 0 Å². The van der Waals surface area contributed by atoms with Gasteiger partial charge in [-0.05, 0) is 43.9 Å². The Morgan fingerprint density at radius 3 is 2.12 bits per heavy atom. The van der Waals surface area contributed by atoms with Crippen LogP contribution < -0.4 is 0 Å². The summed E-state index contributed by atoms with van der Waals surface area (Å²) in [5, 5.41) is 0. The third-order valence-electron chi connectivity index (χ3n) is 3.15.